The molecule has 0 radical (unpaired) electrons. The van der Waals surface area contributed by atoms with E-state index in [4.69, 9.17) is 20.8 Å². The number of hydrogen-bond acceptors (Lipinski definition) is 6. The minimum Gasteiger partial charge on any atom is -0.495 e. The summed E-state index contributed by atoms with van der Waals surface area (Å²) in [6.07, 6.45) is 0.541. The maximum atomic E-state index is 12.1. The molecule has 0 aliphatic rings. The summed E-state index contributed by atoms with van der Waals surface area (Å²) < 4.78 is 12.6. The standard InChI is InChI=1S/C18H20ClN5O3/c1-4-24-14(9-11(2)23-24)18-22-21-17(27-18)8-7-16(25)20-12-5-6-15(26-3)13(19)10-12/h5-6,9-10H,4,7-8H2,1-3H3,(H,20,25). The predicted octanol–water partition coefficient (Wildman–Crippen LogP) is 3.49. The molecule has 0 aliphatic carbocycles. The maximum Gasteiger partial charge on any atom is 0.265 e. The van der Waals surface area contributed by atoms with Crippen LogP contribution in [-0.4, -0.2) is 33.0 Å². The molecule has 27 heavy (non-hydrogen) atoms. The second kappa shape index (κ2) is 8.22. The Morgan fingerprint density at radius 3 is 2.85 bits per heavy atom. The Morgan fingerprint density at radius 1 is 1.33 bits per heavy atom. The first-order valence-corrected chi connectivity index (χ1v) is 8.88. The van der Waals surface area contributed by atoms with Crippen molar-refractivity contribution in [3.63, 3.8) is 0 Å². The van der Waals surface area contributed by atoms with Crippen LogP contribution in [-0.2, 0) is 17.8 Å². The van der Waals surface area contributed by atoms with Gasteiger partial charge in [-0.25, -0.2) is 0 Å². The van der Waals surface area contributed by atoms with E-state index in [9.17, 15) is 4.79 Å². The molecule has 3 aromatic rings. The zero-order chi connectivity index (χ0) is 19.4. The number of aryl methyl sites for hydroxylation is 3. The third kappa shape index (κ3) is 4.46. The van der Waals surface area contributed by atoms with Crippen LogP contribution < -0.4 is 10.1 Å². The Kier molecular flexibility index (Phi) is 5.75. The smallest absolute Gasteiger partial charge is 0.265 e. The molecule has 0 aliphatic heterocycles. The average molecular weight is 390 g/mol. The summed E-state index contributed by atoms with van der Waals surface area (Å²) in [6, 6.07) is 6.95. The normalized spacial score (nSPS) is 10.8. The number of carbonyl (C=O) groups is 1. The number of anilines is 1. The first kappa shape index (κ1) is 18.9. The van der Waals surface area contributed by atoms with Gasteiger partial charge in [-0.3, -0.25) is 9.48 Å². The van der Waals surface area contributed by atoms with Crippen molar-refractivity contribution in [2.45, 2.75) is 33.2 Å². The Balaban J connectivity index is 1.59. The summed E-state index contributed by atoms with van der Waals surface area (Å²) in [5.74, 6) is 1.17. The third-order valence-electron chi connectivity index (χ3n) is 3.89. The van der Waals surface area contributed by atoms with Gasteiger partial charge in [0.05, 0.1) is 17.8 Å². The molecule has 1 aromatic carbocycles. The van der Waals surface area contributed by atoms with Gasteiger partial charge in [0.15, 0.2) is 0 Å². The molecular formula is C18H20ClN5O3. The van der Waals surface area contributed by atoms with E-state index in [0.29, 0.717) is 41.2 Å². The van der Waals surface area contributed by atoms with Gasteiger partial charge in [0.2, 0.25) is 11.8 Å². The molecule has 0 atom stereocenters. The van der Waals surface area contributed by atoms with Crippen molar-refractivity contribution >= 4 is 23.2 Å². The fourth-order valence-electron chi connectivity index (χ4n) is 2.60. The highest BCUT2D eigenvalue weighted by Crippen LogP contribution is 2.27. The number of amides is 1. The molecule has 8 nitrogen and oxygen atoms in total. The number of nitrogens with one attached hydrogen (secondary N) is 1. The lowest BCUT2D eigenvalue weighted by Crippen LogP contribution is -2.12. The number of nitrogens with zero attached hydrogens (tertiary/aromatic N) is 4. The van der Waals surface area contributed by atoms with Gasteiger partial charge in [-0.05, 0) is 38.1 Å². The third-order valence-corrected chi connectivity index (χ3v) is 4.18. The lowest BCUT2D eigenvalue weighted by Gasteiger charge is -2.07. The molecular weight excluding hydrogens is 370 g/mol. The second-order valence-corrected chi connectivity index (χ2v) is 6.29. The molecule has 2 aromatic heterocycles. The van der Waals surface area contributed by atoms with E-state index in [0.717, 1.165) is 11.4 Å². The highest BCUT2D eigenvalue weighted by Gasteiger charge is 2.15. The lowest BCUT2D eigenvalue weighted by atomic mass is 10.2. The van der Waals surface area contributed by atoms with Crippen LogP contribution in [0.3, 0.4) is 0 Å². The van der Waals surface area contributed by atoms with Crippen LogP contribution >= 0.6 is 11.6 Å². The van der Waals surface area contributed by atoms with E-state index >= 15 is 0 Å². The molecule has 2 heterocycles. The van der Waals surface area contributed by atoms with Crippen LogP contribution in [0.2, 0.25) is 5.02 Å². The fraction of sp³-hybridized carbons (Fsp3) is 0.333. The van der Waals surface area contributed by atoms with Crippen molar-refractivity contribution in [1.29, 1.82) is 0 Å². The predicted molar refractivity (Wildman–Crippen MR) is 101 cm³/mol. The summed E-state index contributed by atoms with van der Waals surface area (Å²) in [4.78, 5) is 12.1. The Bertz CT molecular complexity index is 950. The lowest BCUT2D eigenvalue weighted by molar-refractivity contribution is -0.116. The van der Waals surface area contributed by atoms with E-state index < -0.39 is 0 Å². The van der Waals surface area contributed by atoms with Crippen LogP contribution in [0.15, 0.2) is 28.7 Å². The first-order valence-electron chi connectivity index (χ1n) is 8.50. The Labute approximate surface area is 161 Å². The molecule has 0 spiro atoms. The van der Waals surface area contributed by atoms with Gasteiger partial charge in [-0.2, -0.15) is 5.10 Å². The molecule has 0 fully saturated rings. The van der Waals surface area contributed by atoms with Gasteiger partial charge < -0.3 is 14.5 Å². The number of halogens is 1. The summed E-state index contributed by atoms with van der Waals surface area (Å²) in [7, 11) is 1.53. The maximum absolute atomic E-state index is 12.1. The Morgan fingerprint density at radius 2 is 2.15 bits per heavy atom. The van der Waals surface area contributed by atoms with Crippen molar-refractivity contribution in [2.75, 3.05) is 12.4 Å². The molecule has 3 rings (SSSR count). The van der Waals surface area contributed by atoms with E-state index in [1.54, 1.807) is 22.9 Å². The van der Waals surface area contributed by atoms with Crippen LogP contribution in [0.5, 0.6) is 5.75 Å². The number of rotatable bonds is 7. The minimum absolute atomic E-state index is 0.176. The van der Waals surface area contributed by atoms with Crippen molar-refractivity contribution < 1.29 is 13.9 Å². The number of benzene rings is 1. The number of aromatic nitrogens is 4. The van der Waals surface area contributed by atoms with Crippen LogP contribution in [0.4, 0.5) is 5.69 Å². The monoisotopic (exact) mass is 389 g/mol. The average Bonchev–Trinajstić information content (AvgIpc) is 3.26. The quantitative estimate of drug-likeness (QED) is 0.664. The minimum atomic E-state index is -0.176. The van der Waals surface area contributed by atoms with Gasteiger partial charge in [-0.1, -0.05) is 11.6 Å². The largest absolute Gasteiger partial charge is 0.495 e. The fourth-order valence-corrected chi connectivity index (χ4v) is 2.86. The SMILES string of the molecule is CCn1nc(C)cc1-c1nnc(CCC(=O)Nc2ccc(OC)c(Cl)c2)o1. The molecule has 0 unspecified atom stereocenters. The van der Waals surface area contributed by atoms with Gasteiger partial charge >= 0.3 is 0 Å². The number of ether oxygens (including phenoxy) is 1. The van der Waals surface area contributed by atoms with Crippen molar-refractivity contribution in [3.8, 4) is 17.3 Å². The number of hydrogen-bond donors (Lipinski definition) is 1. The van der Waals surface area contributed by atoms with Gasteiger partial charge in [0.1, 0.15) is 11.4 Å². The number of methoxy groups -OCH3 is 1. The summed E-state index contributed by atoms with van der Waals surface area (Å²) in [5.41, 5.74) is 2.24. The van der Waals surface area contributed by atoms with Crippen molar-refractivity contribution in [2.24, 2.45) is 0 Å². The van der Waals surface area contributed by atoms with E-state index in [2.05, 4.69) is 20.6 Å². The van der Waals surface area contributed by atoms with Crippen LogP contribution in [0.1, 0.15) is 24.9 Å². The van der Waals surface area contributed by atoms with E-state index in [-0.39, 0.29) is 12.3 Å². The van der Waals surface area contributed by atoms with Crippen molar-refractivity contribution in [3.05, 3.63) is 40.9 Å². The Hall–Kier alpha value is -2.87. The van der Waals surface area contributed by atoms with Gasteiger partial charge in [0.25, 0.3) is 5.89 Å². The second-order valence-electron chi connectivity index (χ2n) is 5.89. The zero-order valence-corrected chi connectivity index (χ0v) is 16.1. The molecule has 0 bridgehead atoms. The summed E-state index contributed by atoms with van der Waals surface area (Å²) in [5, 5.41) is 15.7. The molecule has 0 saturated carbocycles. The van der Waals surface area contributed by atoms with E-state index in [1.165, 1.54) is 7.11 Å². The van der Waals surface area contributed by atoms with Crippen LogP contribution in [0.25, 0.3) is 11.6 Å². The molecule has 1 N–H and O–H groups in total. The molecule has 9 heteroatoms. The molecule has 0 saturated heterocycles. The summed E-state index contributed by atoms with van der Waals surface area (Å²) in [6.45, 7) is 4.60. The number of carbonyl (C=O) groups excluding carboxylic acids is 1. The van der Waals surface area contributed by atoms with Gasteiger partial charge in [0, 0.05) is 25.1 Å². The topological polar surface area (TPSA) is 95.1 Å². The highest BCUT2D eigenvalue weighted by molar-refractivity contribution is 6.32. The van der Waals surface area contributed by atoms with E-state index in [1.807, 2.05) is 19.9 Å². The summed E-state index contributed by atoms with van der Waals surface area (Å²) >= 11 is 6.06. The first-order chi connectivity index (χ1) is 13.0. The molecule has 1 amide bonds. The van der Waals surface area contributed by atoms with Crippen LogP contribution in [0, 0.1) is 6.92 Å². The van der Waals surface area contributed by atoms with Gasteiger partial charge in [-0.15, -0.1) is 10.2 Å². The van der Waals surface area contributed by atoms with Crippen molar-refractivity contribution in [1.82, 2.24) is 20.0 Å². The zero-order valence-electron chi connectivity index (χ0n) is 15.3. The highest BCUT2D eigenvalue weighted by atomic mass is 35.5. The molecule has 142 valence electrons.